The Kier molecular flexibility index (Phi) is 8.33. The van der Waals surface area contributed by atoms with Crippen LogP contribution in [0.3, 0.4) is 0 Å². The second-order valence-electron chi connectivity index (χ2n) is 7.57. The van der Waals surface area contributed by atoms with Crippen molar-refractivity contribution < 1.29 is 14.3 Å². The van der Waals surface area contributed by atoms with Gasteiger partial charge in [0.2, 0.25) is 5.91 Å². The van der Waals surface area contributed by atoms with Crippen molar-refractivity contribution in [3.63, 3.8) is 0 Å². The molecule has 1 N–H and O–H groups in total. The van der Waals surface area contributed by atoms with Gasteiger partial charge in [-0.25, -0.2) is 0 Å². The zero-order chi connectivity index (χ0) is 20.7. The number of amides is 2. The molecule has 0 unspecified atom stereocenters. The quantitative estimate of drug-likeness (QED) is 0.706. The van der Waals surface area contributed by atoms with Crippen LogP contribution in [-0.2, 0) is 4.79 Å². The van der Waals surface area contributed by atoms with Crippen molar-refractivity contribution >= 4 is 23.4 Å². The molecule has 2 rings (SSSR count). The molecule has 1 aromatic rings. The van der Waals surface area contributed by atoms with Crippen LogP contribution >= 0.6 is 11.6 Å². The van der Waals surface area contributed by atoms with E-state index in [1.54, 1.807) is 24.3 Å². The van der Waals surface area contributed by atoms with Gasteiger partial charge in [0.05, 0.1) is 5.02 Å². The van der Waals surface area contributed by atoms with Crippen LogP contribution < -0.4 is 10.1 Å². The number of piperidine rings is 1. The number of hydrogen-bond donors (Lipinski definition) is 1. The van der Waals surface area contributed by atoms with Crippen LogP contribution in [-0.4, -0.2) is 68.0 Å². The number of carbonyl (C=O) groups excluding carboxylic acids is 2. The third-order valence-electron chi connectivity index (χ3n) is 4.50. The Morgan fingerprint density at radius 3 is 2.54 bits per heavy atom. The Bertz CT molecular complexity index is 722. The Morgan fingerprint density at radius 2 is 1.96 bits per heavy atom. The number of rotatable bonds is 7. The van der Waals surface area contributed by atoms with Crippen molar-refractivity contribution in [2.45, 2.75) is 32.8 Å². The largest absolute Gasteiger partial charge is 0.489 e. The molecular weight excluding hydrogens is 378 g/mol. The van der Waals surface area contributed by atoms with E-state index in [-0.39, 0.29) is 17.9 Å². The number of benzene rings is 1. The lowest BCUT2D eigenvalue weighted by Crippen LogP contribution is -2.41. The summed E-state index contributed by atoms with van der Waals surface area (Å²) in [6, 6.07) is 5.10. The second-order valence-corrected chi connectivity index (χ2v) is 7.98. The summed E-state index contributed by atoms with van der Waals surface area (Å²) >= 11 is 6.33. The molecule has 6 nitrogen and oxygen atoms in total. The molecule has 7 heteroatoms. The normalized spacial score (nSPS) is 14.7. The van der Waals surface area contributed by atoms with E-state index >= 15 is 0 Å². The molecule has 1 saturated heterocycles. The number of nitrogens with zero attached hydrogens (tertiary/aromatic N) is 2. The van der Waals surface area contributed by atoms with Crippen molar-refractivity contribution in [1.29, 1.82) is 0 Å². The molecule has 0 bridgehead atoms. The lowest BCUT2D eigenvalue weighted by Gasteiger charge is -2.31. The summed E-state index contributed by atoms with van der Waals surface area (Å²) in [7, 11) is 3.91. The number of hydrogen-bond acceptors (Lipinski definition) is 4. The number of likely N-dealkylation sites (N-methyl/N-ethyl adjacent to an activating group) is 1. The summed E-state index contributed by atoms with van der Waals surface area (Å²) < 4.78 is 6.02. The summed E-state index contributed by atoms with van der Waals surface area (Å²) in [5.74, 6) is 0.475. The molecule has 1 heterocycles. The van der Waals surface area contributed by atoms with Crippen molar-refractivity contribution in [1.82, 2.24) is 15.1 Å². The highest BCUT2D eigenvalue weighted by Gasteiger charge is 2.23. The van der Waals surface area contributed by atoms with Crippen LogP contribution in [0.1, 0.15) is 37.0 Å². The minimum atomic E-state index is -0.151. The van der Waals surface area contributed by atoms with E-state index in [0.717, 1.165) is 25.0 Å². The molecule has 28 heavy (non-hydrogen) atoms. The molecule has 0 saturated carbocycles. The zero-order valence-electron chi connectivity index (χ0n) is 17.1. The second kappa shape index (κ2) is 10.5. The standard InChI is InChI=1S/C21H30ClN3O3/c1-15(2)13-20(26)25-10-7-17(8-11-25)28-19-6-5-16(14-18(19)22)21(27)23-9-12-24(3)4/h5-6,13-14,17H,7-12H2,1-4H3,(H,23,27). The van der Waals surface area contributed by atoms with E-state index in [2.05, 4.69) is 5.32 Å². The van der Waals surface area contributed by atoms with Gasteiger partial charge >= 0.3 is 0 Å². The van der Waals surface area contributed by atoms with Gasteiger partial charge in [-0.1, -0.05) is 17.2 Å². The fourth-order valence-electron chi connectivity index (χ4n) is 2.94. The topological polar surface area (TPSA) is 61.9 Å². The van der Waals surface area contributed by atoms with Gasteiger partial charge in [0, 0.05) is 50.7 Å². The lowest BCUT2D eigenvalue weighted by molar-refractivity contribution is -0.127. The lowest BCUT2D eigenvalue weighted by atomic mass is 10.1. The highest BCUT2D eigenvalue weighted by Crippen LogP contribution is 2.28. The highest BCUT2D eigenvalue weighted by atomic mass is 35.5. The van der Waals surface area contributed by atoms with E-state index in [1.165, 1.54) is 0 Å². The average molecular weight is 408 g/mol. The fourth-order valence-corrected chi connectivity index (χ4v) is 3.17. The minimum Gasteiger partial charge on any atom is -0.489 e. The van der Waals surface area contributed by atoms with Gasteiger partial charge in [-0.2, -0.15) is 0 Å². The van der Waals surface area contributed by atoms with Crippen molar-refractivity contribution in [3.05, 3.63) is 40.4 Å². The molecule has 1 fully saturated rings. The maximum absolute atomic E-state index is 12.2. The number of allylic oxidation sites excluding steroid dienone is 1. The van der Waals surface area contributed by atoms with E-state index in [4.69, 9.17) is 16.3 Å². The van der Waals surface area contributed by atoms with Crippen LogP contribution in [0, 0.1) is 0 Å². The Morgan fingerprint density at radius 1 is 1.29 bits per heavy atom. The number of halogens is 1. The number of likely N-dealkylation sites (tertiary alicyclic amines) is 1. The van der Waals surface area contributed by atoms with E-state index in [9.17, 15) is 9.59 Å². The fraction of sp³-hybridized carbons (Fsp3) is 0.524. The zero-order valence-corrected chi connectivity index (χ0v) is 17.9. The van der Waals surface area contributed by atoms with Gasteiger partial charge < -0.3 is 19.9 Å². The van der Waals surface area contributed by atoms with E-state index in [1.807, 2.05) is 37.7 Å². The van der Waals surface area contributed by atoms with Gasteiger partial charge in [0.15, 0.2) is 0 Å². The SMILES string of the molecule is CC(C)=CC(=O)N1CCC(Oc2ccc(C(=O)NCCN(C)C)cc2Cl)CC1. The van der Waals surface area contributed by atoms with Crippen LogP contribution in [0.5, 0.6) is 5.75 Å². The summed E-state index contributed by atoms with van der Waals surface area (Å²) in [6.07, 6.45) is 3.19. The van der Waals surface area contributed by atoms with Crippen molar-refractivity contribution in [2.24, 2.45) is 0 Å². The molecule has 0 radical (unpaired) electrons. The van der Waals surface area contributed by atoms with Crippen LogP contribution in [0.2, 0.25) is 5.02 Å². The molecule has 0 spiro atoms. The maximum atomic E-state index is 12.2. The first-order valence-electron chi connectivity index (χ1n) is 9.59. The average Bonchev–Trinajstić information content (AvgIpc) is 2.63. The molecule has 0 atom stereocenters. The monoisotopic (exact) mass is 407 g/mol. The van der Waals surface area contributed by atoms with Gasteiger partial charge in [0.25, 0.3) is 5.91 Å². The van der Waals surface area contributed by atoms with Crippen molar-refractivity contribution in [3.8, 4) is 5.75 Å². The summed E-state index contributed by atoms with van der Waals surface area (Å²) in [6.45, 7) is 6.51. The first kappa shape index (κ1) is 22.2. The first-order chi connectivity index (χ1) is 13.3. The number of ether oxygens (including phenoxy) is 1. The minimum absolute atomic E-state index is 0.00743. The highest BCUT2D eigenvalue weighted by molar-refractivity contribution is 6.32. The summed E-state index contributed by atoms with van der Waals surface area (Å²) in [5.41, 5.74) is 1.51. The molecular formula is C21H30ClN3O3. The van der Waals surface area contributed by atoms with Gasteiger partial charge in [0.1, 0.15) is 11.9 Å². The van der Waals surface area contributed by atoms with Crippen LogP contribution in [0.4, 0.5) is 0 Å². The van der Waals surface area contributed by atoms with E-state index in [0.29, 0.717) is 36.0 Å². The van der Waals surface area contributed by atoms with Gasteiger partial charge in [-0.15, -0.1) is 0 Å². The van der Waals surface area contributed by atoms with Crippen LogP contribution in [0.15, 0.2) is 29.8 Å². The summed E-state index contributed by atoms with van der Waals surface area (Å²) in [4.78, 5) is 28.1. The molecule has 0 aromatic heterocycles. The van der Waals surface area contributed by atoms with Gasteiger partial charge in [-0.05, 0) is 46.1 Å². The molecule has 1 aliphatic rings. The number of nitrogens with one attached hydrogen (secondary N) is 1. The Hall–Kier alpha value is -2.05. The molecule has 1 aromatic carbocycles. The van der Waals surface area contributed by atoms with Crippen LogP contribution in [0.25, 0.3) is 0 Å². The van der Waals surface area contributed by atoms with Gasteiger partial charge in [-0.3, -0.25) is 9.59 Å². The molecule has 2 amide bonds. The molecule has 154 valence electrons. The Balaban J connectivity index is 1.87. The van der Waals surface area contributed by atoms with Crippen molar-refractivity contribution in [2.75, 3.05) is 40.3 Å². The maximum Gasteiger partial charge on any atom is 0.251 e. The predicted molar refractivity (Wildman–Crippen MR) is 112 cm³/mol. The first-order valence-corrected chi connectivity index (χ1v) is 9.97. The predicted octanol–water partition coefficient (Wildman–Crippen LogP) is 2.97. The Labute approximate surface area is 172 Å². The number of carbonyl (C=O) groups is 2. The molecule has 1 aliphatic heterocycles. The molecule has 0 aliphatic carbocycles. The third-order valence-corrected chi connectivity index (χ3v) is 4.79. The third kappa shape index (κ3) is 6.84. The smallest absolute Gasteiger partial charge is 0.251 e. The van der Waals surface area contributed by atoms with E-state index < -0.39 is 0 Å². The summed E-state index contributed by atoms with van der Waals surface area (Å²) in [5, 5.41) is 3.28.